The molecule has 0 fully saturated rings. The first-order valence-corrected chi connectivity index (χ1v) is 10.6. The molecule has 0 saturated heterocycles. The normalized spacial score (nSPS) is 11.2. The molecule has 4 rings (SSSR count). The van der Waals surface area contributed by atoms with Crippen LogP contribution in [0.25, 0.3) is 22.0 Å². The van der Waals surface area contributed by atoms with E-state index >= 15 is 0 Å². The standard InChI is InChI=1S/C22H20F2N4O2S/c1-3-30-22(29)21-20(26-12-31-21)10-25-9-15-17(23)7-13(8-18(15)24)14-5-4-6-19-16(14)11-28(2)27-19/h4-8,11-12,25H,3,9-10H2,1-2H3. The van der Waals surface area contributed by atoms with Crippen LogP contribution in [-0.2, 0) is 24.9 Å². The van der Waals surface area contributed by atoms with E-state index in [0.29, 0.717) is 21.7 Å². The predicted molar refractivity (Wildman–Crippen MR) is 115 cm³/mol. The number of rotatable bonds is 7. The van der Waals surface area contributed by atoms with Gasteiger partial charge in [0, 0.05) is 37.3 Å². The summed E-state index contributed by atoms with van der Waals surface area (Å²) in [4.78, 5) is 16.5. The Balaban J connectivity index is 1.52. The highest BCUT2D eigenvalue weighted by Gasteiger charge is 2.17. The number of carbonyl (C=O) groups is 1. The number of carbonyl (C=O) groups excluding carboxylic acids is 1. The van der Waals surface area contributed by atoms with E-state index in [-0.39, 0.29) is 25.3 Å². The van der Waals surface area contributed by atoms with Crippen LogP contribution in [0, 0.1) is 11.6 Å². The fourth-order valence-electron chi connectivity index (χ4n) is 3.40. The van der Waals surface area contributed by atoms with Crippen molar-refractivity contribution >= 4 is 28.2 Å². The Hall–Kier alpha value is -3.17. The number of nitrogens with one attached hydrogen (secondary N) is 1. The summed E-state index contributed by atoms with van der Waals surface area (Å²) in [7, 11) is 1.80. The molecule has 1 N–H and O–H groups in total. The van der Waals surface area contributed by atoms with Crippen LogP contribution in [0.5, 0.6) is 0 Å². The number of hydrogen-bond acceptors (Lipinski definition) is 6. The van der Waals surface area contributed by atoms with Gasteiger partial charge in [-0.05, 0) is 36.2 Å². The van der Waals surface area contributed by atoms with Crippen LogP contribution in [0.4, 0.5) is 8.78 Å². The lowest BCUT2D eigenvalue weighted by Gasteiger charge is -2.10. The number of ether oxygens (including phenoxy) is 1. The van der Waals surface area contributed by atoms with Crippen molar-refractivity contribution in [2.45, 2.75) is 20.0 Å². The number of thiazole rings is 1. The number of aromatic nitrogens is 3. The molecule has 4 aromatic rings. The maximum absolute atomic E-state index is 14.8. The summed E-state index contributed by atoms with van der Waals surface area (Å²) in [6.45, 7) is 2.13. The summed E-state index contributed by atoms with van der Waals surface area (Å²) >= 11 is 1.17. The number of fused-ring (bicyclic) bond motifs is 1. The van der Waals surface area contributed by atoms with Gasteiger partial charge in [0.25, 0.3) is 0 Å². The first-order chi connectivity index (χ1) is 15.0. The lowest BCUT2D eigenvalue weighted by atomic mass is 10.00. The Morgan fingerprint density at radius 3 is 2.74 bits per heavy atom. The van der Waals surface area contributed by atoms with Gasteiger partial charge < -0.3 is 10.1 Å². The highest BCUT2D eigenvalue weighted by atomic mass is 32.1. The van der Waals surface area contributed by atoms with E-state index in [4.69, 9.17) is 4.74 Å². The molecule has 9 heteroatoms. The molecule has 0 saturated carbocycles. The van der Waals surface area contributed by atoms with Gasteiger partial charge in [-0.15, -0.1) is 11.3 Å². The summed E-state index contributed by atoms with van der Waals surface area (Å²) in [5.74, 6) is -1.74. The molecule has 0 unspecified atom stereocenters. The van der Waals surface area contributed by atoms with Gasteiger partial charge in [-0.25, -0.2) is 18.6 Å². The molecule has 2 aromatic carbocycles. The molecule has 31 heavy (non-hydrogen) atoms. The van der Waals surface area contributed by atoms with E-state index in [1.807, 2.05) is 24.4 Å². The molecule has 0 spiro atoms. The third-order valence-electron chi connectivity index (χ3n) is 4.81. The van der Waals surface area contributed by atoms with E-state index in [2.05, 4.69) is 15.4 Å². The fraction of sp³-hybridized carbons (Fsp3) is 0.227. The first-order valence-electron chi connectivity index (χ1n) is 9.68. The van der Waals surface area contributed by atoms with Gasteiger partial charge >= 0.3 is 5.97 Å². The Morgan fingerprint density at radius 2 is 2.00 bits per heavy atom. The van der Waals surface area contributed by atoms with Crippen molar-refractivity contribution in [2.24, 2.45) is 7.05 Å². The number of benzene rings is 2. The zero-order valence-electron chi connectivity index (χ0n) is 17.0. The third-order valence-corrected chi connectivity index (χ3v) is 5.66. The van der Waals surface area contributed by atoms with Gasteiger partial charge in [0.05, 0.1) is 23.3 Å². The molecule has 0 aliphatic carbocycles. The molecular formula is C22H20F2N4O2S. The number of esters is 1. The zero-order valence-corrected chi connectivity index (χ0v) is 17.8. The van der Waals surface area contributed by atoms with E-state index in [1.165, 1.54) is 29.0 Å². The van der Waals surface area contributed by atoms with Gasteiger partial charge in [-0.1, -0.05) is 12.1 Å². The summed E-state index contributed by atoms with van der Waals surface area (Å²) < 4.78 is 36.2. The molecule has 0 bridgehead atoms. The van der Waals surface area contributed by atoms with E-state index in [1.54, 1.807) is 18.7 Å². The first kappa shape index (κ1) is 21.1. The number of nitrogens with zero attached hydrogens (tertiary/aromatic N) is 3. The van der Waals surface area contributed by atoms with Crippen LogP contribution in [0.2, 0.25) is 0 Å². The van der Waals surface area contributed by atoms with Crippen molar-refractivity contribution in [1.29, 1.82) is 0 Å². The molecule has 0 aliphatic rings. The second-order valence-corrected chi connectivity index (χ2v) is 7.77. The summed E-state index contributed by atoms with van der Waals surface area (Å²) in [6, 6.07) is 8.14. The van der Waals surface area contributed by atoms with Crippen LogP contribution in [0.1, 0.15) is 27.9 Å². The van der Waals surface area contributed by atoms with Crippen LogP contribution in [0.15, 0.2) is 42.0 Å². The second-order valence-electron chi connectivity index (χ2n) is 6.91. The summed E-state index contributed by atoms with van der Waals surface area (Å²) in [6.07, 6.45) is 1.82. The van der Waals surface area contributed by atoms with Crippen molar-refractivity contribution < 1.29 is 18.3 Å². The SMILES string of the molecule is CCOC(=O)c1scnc1CNCc1c(F)cc(-c2cccc3nn(C)cc23)cc1F. The molecule has 0 radical (unpaired) electrons. The Morgan fingerprint density at radius 1 is 1.23 bits per heavy atom. The minimum Gasteiger partial charge on any atom is -0.462 e. The molecule has 160 valence electrons. The molecule has 0 aliphatic heterocycles. The van der Waals surface area contributed by atoms with Crippen LogP contribution in [-0.4, -0.2) is 27.3 Å². The molecule has 2 aromatic heterocycles. The average Bonchev–Trinajstić information content (AvgIpc) is 3.35. The second kappa shape index (κ2) is 8.91. The minimum atomic E-state index is -0.646. The monoisotopic (exact) mass is 442 g/mol. The molecule has 0 atom stereocenters. The Bertz CT molecular complexity index is 1230. The lowest BCUT2D eigenvalue weighted by molar-refractivity contribution is 0.0530. The lowest BCUT2D eigenvalue weighted by Crippen LogP contribution is -2.17. The molecular weight excluding hydrogens is 422 g/mol. The fourth-order valence-corrected chi connectivity index (χ4v) is 4.11. The smallest absolute Gasteiger partial charge is 0.350 e. The predicted octanol–water partition coefficient (Wildman–Crippen LogP) is 4.44. The summed E-state index contributed by atoms with van der Waals surface area (Å²) in [5.41, 5.74) is 3.87. The Labute approximate surface area is 181 Å². The Kier molecular flexibility index (Phi) is 6.06. The van der Waals surface area contributed by atoms with E-state index < -0.39 is 17.6 Å². The quantitative estimate of drug-likeness (QED) is 0.429. The van der Waals surface area contributed by atoms with Crippen LogP contribution < -0.4 is 5.32 Å². The van der Waals surface area contributed by atoms with Gasteiger partial charge in [-0.3, -0.25) is 4.68 Å². The van der Waals surface area contributed by atoms with Crippen molar-refractivity contribution in [3.8, 4) is 11.1 Å². The number of hydrogen-bond donors (Lipinski definition) is 1. The van der Waals surface area contributed by atoms with Crippen molar-refractivity contribution in [3.63, 3.8) is 0 Å². The topological polar surface area (TPSA) is 69.0 Å². The molecule has 0 amide bonds. The zero-order chi connectivity index (χ0) is 22.0. The number of aryl methyl sites for hydroxylation is 1. The highest BCUT2D eigenvalue weighted by molar-refractivity contribution is 7.11. The number of halogens is 2. The third kappa shape index (κ3) is 4.33. The van der Waals surface area contributed by atoms with E-state index in [9.17, 15) is 13.6 Å². The van der Waals surface area contributed by atoms with E-state index in [0.717, 1.165) is 10.9 Å². The van der Waals surface area contributed by atoms with Gasteiger partial charge in [0.2, 0.25) is 0 Å². The van der Waals surface area contributed by atoms with Crippen molar-refractivity contribution in [1.82, 2.24) is 20.1 Å². The van der Waals surface area contributed by atoms with Gasteiger partial charge in [-0.2, -0.15) is 5.10 Å². The molecule has 2 heterocycles. The summed E-state index contributed by atoms with van der Waals surface area (Å²) in [5, 5.41) is 8.12. The van der Waals surface area contributed by atoms with Crippen LogP contribution >= 0.6 is 11.3 Å². The maximum Gasteiger partial charge on any atom is 0.350 e. The van der Waals surface area contributed by atoms with Gasteiger partial charge in [0.1, 0.15) is 16.5 Å². The van der Waals surface area contributed by atoms with Gasteiger partial charge in [0.15, 0.2) is 0 Å². The minimum absolute atomic E-state index is 0.0468. The average molecular weight is 442 g/mol. The molecule has 6 nitrogen and oxygen atoms in total. The maximum atomic E-state index is 14.8. The highest BCUT2D eigenvalue weighted by Crippen LogP contribution is 2.30. The van der Waals surface area contributed by atoms with Crippen molar-refractivity contribution in [2.75, 3.05) is 6.61 Å². The van der Waals surface area contributed by atoms with Crippen LogP contribution in [0.3, 0.4) is 0 Å². The van der Waals surface area contributed by atoms with Crippen molar-refractivity contribution in [3.05, 3.63) is 69.8 Å². The largest absolute Gasteiger partial charge is 0.462 e.